The number of aliphatic hydroxyl groups is 1. The largest absolute Gasteiger partial charge is 0.390 e. The number of rotatable bonds is 4. The molecule has 2 saturated heterocycles. The minimum absolute atomic E-state index is 0.201. The summed E-state index contributed by atoms with van der Waals surface area (Å²) in [4.78, 5) is 0. The van der Waals surface area contributed by atoms with Gasteiger partial charge in [0.05, 0.1) is 12.7 Å². The number of allylic oxidation sites excluding steroid dienone is 1. The van der Waals surface area contributed by atoms with E-state index in [2.05, 4.69) is 6.58 Å². The van der Waals surface area contributed by atoms with E-state index in [1.54, 1.807) is 7.11 Å². The topological polar surface area (TPSA) is 57.2 Å². The molecule has 2 aliphatic rings. The van der Waals surface area contributed by atoms with E-state index in [1.807, 2.05) is 37.3 Å². The van der Waals surface area contributed by atoms with Gasteiger partial charge in [-0.2, -0.15) is 0 Å². The number of hydrogen-bond acceptors (Lipinski definition) is 5. The Labute approximate surface area is 136 Å². The number of ether oxygens (including phenoxy) is 4. The maximum atomic E-state index is 10.8. The molecule has 6 atom stereocenters. The van der Waals surface area contributed by atoms with Crippen molar-refractivity contribution in [2.24, 2.45) is 5.92 Å². The number of aliphatic hydroxyl groups excluding tert-OH is 1. The smallest absolute Gasteiger partial charge is 0.184 e. The molecule has 2 heterocycles. The highest BCUT2D eigenvalue weighted by Crippen LogP contribution is 2.38. The molecule has 23 heavy (non-hydrogen) atoms. The van der Waals surface area contributed by atoms with Gasteiger partial charge in [0.2, 0.25) is 0 Å². The lowest BCUT2D eigenvalue weighted by Crippen LogP contribution is -2.59. The number of methoxy groups -OCH3 is 1. The van der Waals surface area contributed by atoms with Crippen LogP contribution in [0.5, 0.6) is 0 Å². The van der Waals surface area contributed by atoms with Crippen LogP contribution in [0.15, 0.2) is 42.5 Å². The highest BCUT2D eigenvalue weighted by atomic mass is 16.7. The molecular weight excluding hydrogens is 296 g/mol. The third-order valence-electron chi connectivity index (χ3n) is 4.38. The molecule has 0 aromatic heterocycles. The first-order chi connectivity index (χ1) is 11.1. The molecule has 1 aromatic carbocycles. The van der Waals surface area contributed by atoms with Gasteiger partial charge in [-0.3, -0.25) is 0 Å². The molecule has 1 aromatic rings. The van der Waals surface area contributed by atoms with Crippen molar-refractivity contribution in [3.63, 3.8) is 0 Å². The molecule has 0 bridgehead atoms. The normalized spacial score (nSPS) is 37.2. The predicted octanol–water partition coefficient (Wildman–Crippen LogP) is 2.42. The average molecular weight is 320 g/mol. The summed E-state index contributed by atoms with van der Waals surface area (Å²) in [6, 6.07) is 9.72. The maximum Gasteiger partial charge on any atom is 0.184 e. The lowest BCUT2D eigenvalue weighted by molar-refractivity contribution is -0.350. The van der Waals surface area contributed by atoms with Crippen LogP contribution in [0.25, 0.3) is 0 Å². The van der Waals surface area contributed by atoms with Gasteiger partial charge in [0, 0.05) is 18.6 Å². The van der Waals surface area contributed by atoms with Crippen molar-refractivity contribution in [1.82, 2.24) is 0 Å². The van der Waals surface area contributed by atoms with Gasteiger partial charge in [-0.1, -0.05) is 35.9 Å². The summed E-state index contributed by atoms with van der Waals surface area (Å²) in [5.74, 6) is -0.201. The van der Waals surface area contributed by atoms with Gasteiger partial charge in [-0.25, -0.2) is 0 Å². The van der Waals surface area contributed by atoms with Crippen LogP contribution in [0.2, 0.25) is 0 Å². The summed E-state index contributed by atoms with van der Waals surface area (Å²) in [5, 5.41) is 10.8. The van der Waals surface area contributed by atoms with E-state index in [4.69, 9.17) is 18.9 Å². The van der Waals surface area contributed by atoms with E-state index in [0.717, 1.165) is 11.1 Å². The number of fused-ring (bicyclic) bond motifs is 1. The van der Waals surface area contributed by atoms with E-state index >= 15 is 0 Å². The second kappa shape index (κ2) is 7.11. The van der Waals surface area contributed by atoms with Crippen molar-refractivity contribution < 1.29 is 24.1 Å². The molecule has 5 heteroatoms. The summed E-state index contributed by atoms with van der Waals surface area (Å²) in [7, 11) is 1.58. The monoisotopic (exact) mass is 320 g/mol. The van der Waals surface area contributed by atoms with Crippen LogP contribution in [0.4, 0.5) is 0 Å². The Balaban J connectivity index is 1.76. The number of benzene rings is 1. The fourth-order valence-corrected chi connectivity index (χ4v) is 3.28. The Morgan fingerprint density at radius 3 is 2.70 bits per heavy atom. The quantitative estimate of drug-likeness (QED) is 0.864. The molecular formula is C18H24O5. The molecule has 0 saturated carbocycles. The summed E-state index contributed by atoms with van der Waals surface area (Å²) in [6.07, 6.45) is -1.81. The van der Waals surface area contributed by atoms with E-state index in [1.165, 1.54) is 0 Å². The van der Waals surface area contributed by atoms with Crippen molar-refractivity contribution in [3.8, 4) is 0 Å². The van der Waals surface area contributed by atoms with Gasteiger partial charge in [-0.05, 0) is 13.3 Å². The van der Waals surface area contributed by atoms with Crippen molar-refractivity contribution in [1.29, 1.82) is 0 Å². The third-order valence-corrected chi connectivity index (χ3v) is 4.38. The van der Waals surface area contributed by atoms with E-state index in [0.29, 0.717) is 13.0 Å². The lowest BCUT2D eigenvalue weighted by Gasteiger charge is -2.47. The number of hydrogen-bond donors (Lipinski definition) is 1. The fourth-order valence-electron chi connectivity index (χ4n) is 3.28. The van der Waals surface area contributed by atoms with Crippen LogP contribution in [0.3, 0.4) is 0 Å². The first-order valence-electron chi connectivity index (χ1n) is 7.93. The molecule has 0 spiro atoms. The summed E-state index contributed by atoms with van der Waals surface area (Å²) < 4.78 is 23.1. The van der Waals surface area contributed by atoms with E-state index < -0.39 is 24.8 Å². The summed E-state index contributed by atoms with van der Waals surface area (Å²) in [6.45, 7) is 6.23. The highest BCUT2D eigenvalue weighted by molar-refractivity contribution is 5.16. The van der Waals surface area contributed by atoms with Crippen LogP contribution in [-0.4, -0.2) is 43.4 Å². The molecule has 0 amide bonds. The minimum Gasteiger partial charge on any atom is -0.390 e. The van der Waals surface area contributed by atoms with Gasteiger partial charge in [-0.15, -0.1) is 6.58 Å². The van der Waals surface area contributed by atoms with Gasteiger partial charge in [0.15, 0.2) is 12.6 Å². The Kier molecular flexibility index (Phi) is 5.14. The van der Waals surface area contributed by atoms with Crippen LogP contribution in [0.1, 0.15) is 25.2 Å². The predicted molar refractivity (Wildman–Crippen MR) is 84.6 cm³/mol. The molecule has 126 valence electrons. The molecule has 0 radical (unpaired) electrons. The average Bonchev–Trinajstić information content (AvgIpc) is 2.57. The summed E-state index contributed by atoms with van der Waals surface area (Å²) in [5.41, 5.74) is 1.91. The van der Waals surface area contributed by atoms with Crippen LogP contribution in [0, 0.1) is 5.92 Å². The SMILES string of the molecule is C=C(C)C[C@@H]1[C@@H](OC)O[C@@H]2CO[C@@H](c3ccccc3)O[C@H]2[C@@H]1O. The van der Waals surface area contributed by atoms with Crippen molar-refractivity contribution >= 4 is 0 Å². The molecule has 3 rings (SSSR count). The standard InChI is InChI=1S/C18H24O5/c1-11(2)9-13-15(19)16-14(22-18(13)20-3)10-21-17(23-16)12-7-5-4-6-8-12/h4-8,13-19H,1,9-10H2,2-3H3/t13-,14+,15+,16+,17+,18-/m0/s1. The van der Waals surface area contributed by atoms with E-state index in [-0.39, 0.29) is 12.0 Å². The van der Waals surface area contributed by atoms with Crippen molar-refractivity contribution in [2.45, 2.75) is 44.2 Å². The van der Waals surface area contributed by atoms with Crippen LogP contribution >= 0.6 is 0 Å². The molecule has 2 aliphatic heterocycles. The van der Waals surface area contributed by atoms with E-state index in [9.17, 15) is 5.11 Å². The Hall–Kier alpha value is -1.24. The Morgan fingerprint density at radius 1 is 1.30 bits per heavy atom. The Morgan fingerprint density at radius 2 is 2.04 bits per heavy atom. The molecule has 5 nitrogen and oxygen atoms in total. The summed E-state index contributed by atoms with van der Waals surface area (Å²) >= 11 is 0. The maximum absolute atomic E-state index is 10.8. The zero-order chi connectivity index (χ0) is 16.4. The second-order valence-electron chi connectivity index (χ2n) is 6.27. The highest BCUT2D eigenvalue weighted by Gasteiger charge is 2.49. The van der Waals surface area contributed by atoms with Crippen LogP contribution in [-0.2, 0) is 18.9 Å². The van der Waals surface area contributed by atoms with Gasteiger partial charge < -0.3 is 24.1 Å². The van der Waals surface area contributed by atoms with Crippen molar-refractivity contribution in [3.05, 3.63) is 48.0 Å². The fraction of sp³-hybridized carbons (Fsp3) is 0.556. The van der Waals surface area contributed by atoms with Gasteiger partial charge in [0.1, 0.15) is 12.2 Å². The molecule has 1 N–H and O–H groups in total. The Bertz CT molecular complexity index is 531. The third kappa shape index (κ3) is 3.49. The molecule has 2 fully saturated rings. The minimum atomic E-state index is -0.689. The first-order valence-corrected chi connectivity index (χ1v) is 7.93. The van der Waals surface area contributed by atoms with Crippen LogP contribution < -0.4 is 0 Å². The zero-order valence-electron chi connectivity index (χ0n) is 13.6. The first kappa shape index (κ1) is 16.6. The lowest BCUT2D eigenvalue weighted by atomic mass is 9.86. The van der Waals surface area contributed by atoms with Gasteiger partial charge in [0.25, 0.3) is 0 Å². The van der Waals surface area contributed by atoms with Crippen molar-refractivity contribution in [2.75, 3.05) is 13.7 Å². The second-order valence-corrected chi connectivity index (χ2v) is 6.27. The van der Waals surface area contributed by atoms with Gasteiger partial charge >= 0.3 is 0 Å². The molecule has 0 aliphatic carbocycles. The zero-order valence-corrected chi connectivity index (χ0v) is 13.6. The molecule has 0 unspecified atom stereocenters.